The molecule has 0 aliphatic carbocycles. The smallest absolute Gasteiger partial charge is 0.493 e. The summed E-state index contributed by atoms with van der Waals surface area (Å²) in [7, 11) is 1.47. The lowest BCUT2D eigenvalue weighted by atomic mass is 10.2. The number of aromatic amines is 1. The number of aromatic nitrogens is 4. The van der Waals surface area contributed by atoms with E-state index in [1.54, 1.807) is 12.1 Å². The van der Waals surface area contributed by atoms with Gasteiger partial charge in [-0.3, -0.25) is 0 Å². The highest BCUT2D eigenvalue weighted by atomic mass is 35.5. The van der Waals surface area contributed by atoms with E-state index in [0.29, 0.717) is 34.6 Å². The molecule has 0 saturated carbocycles. The SMILES string of the molecule is COc1cc(CNc2nn[nH]n2)cc(Cl)c1OCc1ccc(OC(F)(F)F)cc1. The summed E-state index contributed by atoms with van der Waals surface area (Å²) < 4.78 is 51.5. The highest BCUT2D eigenvalue weighted by molar-refractivity contribution is 6.32. The van der Waals surface area contributed by atoms with E-state index >= 15 is 0 Å². The summed E-state index contributed by atoms with van der Waals surface area (Å²) in [5, 5.41) is 16.6. The number of H-pyrrole nitrogens is 1. The van der Waals surface area contributed by atoms with Crippen LogP contribution >= 0.6 is 11.6 Å². The number of hydrogen-bond donors (Lipinski definition) is 2. The van der Waals surface area contributed by atoms with Crippen molar-refractivity contribution in [3.63, 3.8) is 0 Å². The second kappa shape index (κ2) is 8.86. The van der Waals surface area contributed by atoms with Gasteiger partial charge in [-0.1, -0.05) is 28.8 Å². The summed E-state index contributed by atoms with van der Waals surface area (Å²) in [4.78, 5) is 0. The van der Waals surface area contributed by atoms with Crippen molar-refractivity contribution >= 4 is 17.5 Å². The number of alkyl halides is 3. The lowest BCUT2D eigenvalue weighted by Gasteiger charge is -2.15. The number of nitrogens with one attached hydrogen (secondary N) is 2. The van der Waals surface area contributed by atoms with Crippen molar-refractivity contribution in [3.05, 3.63) is 52.5 Å². The van der Waals surface area contributed by atoms with Crippen LogP contribution in [0.5, 0.6) is 17.2 Å². The summed E-state index contributed by atoms with van der Waals surface area (Å²) in [5.74, 6) is 0.737. The molecule has 1 heterocycles. The van der Waals surface area contributed by atoms with E-state index in [9.17, 15) is 13.2 Å². The van der Waals surface area contributed by atoms with E-state index in [2.05, 4.69) is 30.7 Å². The van der Waals surface area contributed by atoms with E-state index in [4.69, 9.17) is 21.1 Å². The number of hydrogen-bond acceptors (Lipinski definition) is 7. The maximum absolute atomic E-state index is 12.2. The molecule has 1 aromatic heterocycles. The molecule has 0 aliphatic rings. The van der Waals surface area contributed by atoms with Gasteiger partial charge < -0.3 is 19.5 Å². The fourth-order valence-corrected chi connectivity index (χ4v) is 2.66. The van der Waals surface area contributed by atoms with E-state index in [-0.39, 0.29) is 12.4 Å². The fourth-order valence-electron chi connectivity index (χ4n) is 2.38. The number of halogens is 4. The third-order valence-electron chi connectivity index (χ3n) is 3.63. The maximum Gasteiger partial charge on any atom is 0.573 e. The van der Waals surface area contributed by atoms with Crippen LogP contribution in [0.1, 0.15) is 11.1 Å². The molecule has 0 amide bonds. The zero-order valence-corrected chi connectivity index (χ0v) is 15.7. The van der Waals surface area contributed by atoms with Crippen molar-refractivity contribution in [1.82, 2.24) is 20.6 Å². The van der Waals surface area contributed by atoms with Gasteiger partial charge in [-0.2, -0.15) is 5.21 Å². The molecule has 3 rings (SSSR count). The lowest BCUT2D eigenvalue weighted by molar-refractivity contribution is -0.274. The molecule has 0 unspecified atom stereocenters. The van der Waals surface area contributed by atoms with Crippen LogP contribution in [0.25, 0.3) is 0 Å². The van der Waals surface area contributed by atoms with Crippen LogP contribution < -0.4 is 19.5 Å². The van der Waals surface area contributed by atoms with Gasteiger partial charge in [0.2, 0.25) is 0 Å². The Bertz CT molecular complexity index is 937. The summed E-state index contributed by atoms with van der Waals surface area (Å²) in [6.45, 7) is 0.444. The Morgan fingerprint density at radius 2 is 1.90 bits per heavy atom. The Morgan fingerprint density at radius 3 is 2.52 bits per heavy atom. The van der Waals surface area contributed by atoms with Crippen molar-refractivity contribution in [1.29, 1.82) is 0 Å². The molecule has 0 aliphatic heterocycles. The van der Waals surface area contributed by atoms with E-state index in [0.717, 1.165) is 5.56 Å². The molecule has 0 radical (unpaired) electrons. The average molecular weight is 430 g/mol. The van der Waals surface area contributed by atoms with Crippen LogP contribution in [0.3, 0.4) is 0 Å². The topological polar surface area (TPSA) is 94.2 Å². The molecule has 154 valence electrons. The van der Waals surface area contributed by atoms with Crippen LogP contribution in [0.15, 0.2) is 36.4 Å². The summed E-state index contributed by atoms with van der Waals surface area (Å²) in [6, 6.07) is 8.76. The number of methoxy groups -OCH3 is 1. The van der Waals surface area contributed by atoms with E-state index in [1.807, 2.05) is 0 Å². The van der Waals surface area contributed by atoms with Gasteiger partial charge in [0.25, 0.3) is 5.95 Å². The molecule has 12 heteroatoms. The van der Waals surface area contributed by atoms with Gasteiger partial charge in [-0.05, 0) is 40.6 Å². The summed E-state index contributed by atoms with van der Waals surface area (Å²) >= 11 is 6.31. The van der Waals surface area contributed by atoms with Crippen LogP contribution in [-0.2, 0) is 13.2 Å². The molecule has 29 heavy (non-hydrogen) atoms. The minimum atomic E-state index is -4.74. The largest absolute Gasteiger partial charge is 0.573 e. The number of anilines is 1. The first-order valence-corrected chi connectivity index (χ1v) is 8.53. The molecule has 0 saturated heterocycles. The van der Waals surface area contributed by atoms with Crippen molar-refractivity contribution in [2.45, 2.75) is 19.5 Å². The number of nitrogens with zero attached hydrogens (tertiary/aromatic N) is 3. The molecule has 8 nitrogen and oxygen atoms in total. The van der Waals surface area contributed by atoms with E-state index < -0.39 is 6.36 Å². The molecule has 0 atom stereocenters. The molecule has 2 aromatic carbocycles. The Kier molecular flexibility index (Phi) is 6.27. The third-order valence-corrected chi connectivity index (χ3v) is 3.91. The normalized spacial score (nSPS) is 11.2. The zero-order valence-electron chi connectivity index (χ0n) is 15.0. The van der Waals surface area contributed by atoms with Gasteiger partial charge >= 0.3 is 6.36 Å². The molecular formula is C17H15ClF3N5O3. The van der Waals surface area contributed by atoms with Crippen LogP contribution in [0.2, 0.25) is 5.02 Å². The number of tetrazole rings is 1. The number of ether oxygens (including phenoxy) is 3. The Hall–Kier alpha value is -3.21. The van der Waals surface area contributed by atoms with E-state index in [1.165, 1.54) is 31.4 Å². The maximum atomic E-state index is 12.2. The third kappa shape index (κ3) is 5.88. The monoisotopic (exact) mass is 429 g/mol. The van der Waals surface area contributed by atoms with Gasteiger partial charge in [0.15, 0.2) is 11.5 Å². The highest BCUT2D eigenvalue weighted by Gasteiger charge is 2.30. The quantitative estimate of drug-likeness (QED) is 0.560. The highest BCUT2D eigenvalue weighted by Crippen LogP contribution is 2.37. The number of rotatable bonds is 8. The second-order valence-electron chi connectivity index (χ2n) is 5.68. The molecule has 0 fully saturated rings. The van der Waals surface area contributed by atoms with Crippen LogP contribution in [0.4, 0.5) is 19.1 Å². The Labute approximate surface area is 167 Å². The van der Waals surface area contributed by atoms with Gasteiger partial charge in [0.05, 0.1) is 12.1 Å². The molecular weight excluding hydrogens is 415 g/mol. The van der Waals surface area contributed by atoms with Crippen LogP contribution in [0, 0.1) is 0 Å². The minimum absolute atomic E-state index is 0.0723. The molecule has 2 N–H and O–H groups in total. The Morgan fingerprint density at radius 1 is 1.14 bits per heavy atom. The zero-order chi connectivity index (χ0) is 20.9. The Balaban J connectivity index is 1.65. The summed E-state index contributed by atoms with van der Waals surface area (Å²) in [5.41, 5.74) is 1.41. The minimum Gasteiger partial charge on any atom is -0.493 e. The summed E-state index contributed by atoms with van der Waals surface area (Å²) in [6.07, 6.45) is -4.74. The molecule has 0 bridgehead atoms. The fraction of sp³-hybridized carbons (Fsp3) is 0.235. The van der Waals surface area contributed by atoms with Crippen molar-refractivity contribution < 1.29 is 27.4 Å². The predicted octanol–water partition coefficient (Wildman–Crippen LogP) is 3.95. The van der Waals surface area contributed by atoms with Gasteiger partial charge in [-0.15, -0.1) is 18.3 Å². The standard InChI is InChI=1S/C17H15ClF3N5O3/c1-27-14-7-11(8-22-16-23-25-26-24-16)6-13(18)15(14)28-9-10-2-4-12(5-3-10)29-17(19,20)21/h2-7H,8-9H2,1H3,(H2,22,23,24,25,26). The predicted molar refractivity (Wildman–Crippen MR) is 97.0 cm³/mol. The average Bonchev–Trinajstić information content (AvgIpc) is 3.18. The lowest BCUT2D eigenvalue weighted by Crippen LogP contribution is -2.17. The van der Waals surface area contributed by atoms with Crippen molar-refractivity contribution in [2.24, 2.45) is 0 Å². The first kappa shape index (κ1) is 20.5. The first-order valence-electron chi connectivity index (χ1n) is 8.15. The second-order valence-corrected chi connectivity index (χ2v) is 6.09. The van der Waals surface area contributed by atoms with Gasteiger partial charge in [-0.25, -0.2) is 0 Å². The molecule has 0 spiro atoms. The first-order chi connectivity index (χ1) is 13.8. The number of benzene rings is 2. The van der Waals surface area contributed by atoms with Crippen molar-refractivity contribution in [3.8, 4) is 17.2 Å². The molecule has 3 aromatic rings. The van der Waals surface area contributed by atoms with Gasteiger partial charge in [0.1, 0.15) is 12.4 Å². The van der Waals surface area contributed by atoms with Crippen LogP contribution in [-0.4, -0.2) is 34.1 Å². The van der Waals surface area contributed by atoms with Crippen molar-refractivity contribution in [2.75, 3.05) is 12.4 Å². The van der Waals surface area contributed by atoms with Gasteiger partial charge in [0, 0.05) is 6.54 Å².